The van der Waals surface area contributed by atoms with Gasteiger partial charge in [0.2, 0.25) is 0 Å². The average Bonchev–Trinajstić information content (AvgIpc) is 2.70. The SMILES string of the molecule is COC(=O)c1ccc(Nc2ncnc(N3CCN(CCO)CC3)c2N)cc1. The third kappa shape index (κ3) is 4.44. The van der Waals surface area contributed by atoms with Crippen molar-refractivity contribution in [1.29, 1.82) is 0 Å². The number of piperazine rings is 1. The summed E-state index contributed by atoms with van der Waals surface area (Å²) in [5, 5.41) is 12.2. The number of carbonyl (C=O) groups excluding carboxylic acids is 1. The number of aliphatic hydroxyl groups excluding tert-OH is 1. The van der Waals surface area contributed by atoms with E-state index in [1.165, 1.54) is 13.4 Å². The van der Waals surface area contributed by atoms with Crippen molar-refractivity contribution in [2.75, 3.05) is 62.4 Å². The number of β-amino-alcohol motifs (C(OH)–C–C–N with tert-alkyl or cyclic N) is 1. The predicted molar refractivity (Wildman–Crippen MR) is 103 cm³/mol. The molecule has 3 rings (SSSR count). The average molecular weight is 372 g/mol. The molecule has 1 aliphatic rings. The fourth-order valence-electron chi connectivity index (χ4n) is 3.01. The molecule has 0 spiro atoms. The van der Waals surface area contributed by atoms with Crippen LogP contribution in [0.2, 0.25) is 0 Å². The van der Waals surface area contributed by atoms with Crippen molar-refractivity contribution in [2.24, 2.45) is 0 Å². The second-order valence-corrected chi connectivity index (χ2v) is 6.21. The molecule has 1 saturated heterocycles. The van der Waals surface area contributed by atoms with Gasteiger partial charge in [-0.25, -0.2) is 14.8 Å². The van der Waals surface area contributed by atoms with Gasteiger partial charge in [-0.1, -0.05) is 0 Å². The Kier molecular flexibility index (Phi) is 6.05. The topological polar surface area (TPSA) is 117 Å². The number of nitrogens with one attached hydrogen (secondary N) is 1. The summed E-state index contributed by atoms with van der Waals surface area (Å²) in [5.41, 5.74) is 8.00. The summed E-state index contributed by atoms with van der Waals surface area (Å²) in [6.45, 7) is 4.12. The van der Waals surface area contributed by atoms with Gasteiger partial charge in [0.15, 0.2) is 11.6 Å². The molecule has 9 nitrogen and oxygen atoms in total. The van der Waals surface area contributed by atoms with Crippen LogP contribution in [0.15, 0.2) is 30.6 Å². The molecule has 27 heavy (non-hydrogen) atoms. The highest BCUT2D eigenvalue weighted by atomic mass is 16.5. The van der Waals surface area contributed by atoms with Crippen LogP contribution in [0.1, 0.15) is 10.4 Å². The number of anilines is 4. The molecule has 0 aliphatic carbocycles. The van der Waals surface area contributed by atoms with Gasteiger partial charge in [0, 0.05) is 38.4 Å². The Bertz CT molecular complexity index is 775. The number of nitrogen functional groups attached to an aromatic ring is 1. The van der Waals surface area contributed by atoms with Crippen LogP contribution in [0.4, 0.5) is 23.0 Å². The minimum Gasteiger partial charge on any atom is -0.465 e. The molecule has 0 atom stereocenters. The number of esters is 1. The molecule has 2 aromatic rings. The Balaban J connectivity index is 1.71. The maximum atomic E-state index is 11.5. The number of aromatic nitrogens is 2. The van der Waals surface area contributed by atoms with Crippen molar-refractivity contribution in [2.45, 2.75) is 0 Å². The van der Waals surface area contributed by atoms with E-state index >= 15 is 0 Å². The molecule has 0 saturated carbocycles. The normalized spacial score (nSPS) is 14.8. The first-order valence-electron chi connectivity index (χ1n) is 8.76. The highest BCUT2D eigenvalue weighted by Crippen LogP contribution is 2.29. The van der Waals surface area contributed by atoms with E-state index < -0.39 is 0 Å². The molecular formula is C18H24N6O3. The predicted octanol–water partition coefficient (Wildman–Crippen LogP) is 0.703. The van der Waals surface area contributed by atoms with Crippen LogP contribution in [-0.2, 0) is 4.74 Å². The summed E-state index contributed by atoms with van der Waals surface area (Å²) in [4.78, 5) is 24.4. The van der Waals surface area contributed by atoms with Gasteiger partial charge in [-0.05, 0) is 24.3 Å². The maximum absolute atomic E-state index is 11.5. The molecule has 9 heteroatoms. The van der Waals surface area contributed by atoms with E-state index in [1.54, 1.807) is 24.3 Å². The zero-order valence-corrected chi connectivity index (χ0v) is 15.3. The lowest BCUT2D eigenvalue weighted by Gasteiger charge is -2.35. The van der Waals surface area contributed by atoms with Crippen molar-refractivity contribution in [3.8, 4) is 0 Å². The van der Waals surface area contributed by atoms with E-state index in [9.17, 15) is 4.79 Å². The fraction of sp³-hybridized carbons (Fsp3) is 0.389. The van der Waals surface area contributed by atoms with Crippen LogP contribution in [-0.4, -0.2) is 72.4 Å². The van der Waals surface area contributed by atoms with Crippen molar-refractivity contribution >= 4 is 29.0 Å². The quantitative estimate of drug-likeness (QED) is 0.630. The molecule has 0 unspecified atom stereocenters. The van der Waals surface area contributed by atoms with Crippen molar-refractivity contribution < 1.29 is 14.6 Å². The van der Waals surface area contributed by atoms with E-state index in [4.69, 9.17) is 15.6 Å². The van der Waals surface area contributed by atoms with E-state index in [1.807, 2.05) is 0 Å². The Hall–Kier alpha value is -2.91. The van der Waals surface area contributed by atoms with Gasteiger partial charge in [0.05, 0.1) is 19.3 Å². The Morgan fingerprint density at radius 2 is 1.93 bits per heavy atom. The van der Waals surface area contributed by atoms with Crippen molar-refractivity contribution in [3.05, 3.63) is 36.2 Å². The highest BCUT2D eigenvalue weighted by molar-refractivity contribution is 5.90. The minimum atomic E-state index is -0.384. The molecule has 2 heterocycles. The third-order valence-corrected chi connectivity index (χ3v) is 4.52. The van der Waals surface area contributed by atoms with E-state index in [-0.39, 0.29) is 12.6 Å². The van der Waals surface area contributed by atoms with Gasteiger partial charge >= 0.3 is 5.97 Å². The van der Waals surface area contributed by atoms with Crippen LogP contribution in [0.5, 0.6) is 0 Å². The maximum Gasteiger partial charge on any atom is 0.337 e. The Labute approximate surface area is 157 Å². The number of methoxy groups -OCH3 is 1. The van der Waals surface area contributed by atoms with E-state index in [0.29, 0.717) is 29.4 Å². The minimum absolute atomic E-state index is 0.165. The largest absolute Gasteiger partial charge is 0.465 e. The molecule has 1 aromatic heterocycles. The summed E-state index contributed by atoms with van der Waals surface area (Å²) in [5.74, 6) is 0.830. The van der Waals surface area contributed by atoms with Crippen LogP contribution in [0.25, 0.3) is 0 Å². The van der Waals surface area contributed by atoms with Crippen LogP contribution < -0.4 is 16.0 Å². The number of hydrogen-bond acceptors (Lipinski definition) is 9. The zero-order valence-electron chi connectivity index (χ0n) is 15.3. The molecule has 0 amide bonds. The number of rotatable bonds is 6. The lowest BCUT2D eigenvalue weighted by atomic mass is 10.2. The van der Waals surface area contributed by atoms with Crippen LogP contribution in [0, 0.1) is 0 Å². The monoisotopic (exact) mass is 372 g/mol. The van der Waals surface area contributed by atoms with Gasteiger partial charge in [-0.2, -0.15) is 0 Å². The molecule has 0 bridgehead atoms. The second-order valence-electron chi connectivity index (χ2n) is 6.21. The van der Waals surface area contributed by atoms with Crippen molar-refractivity contribution in [1.82, 2.24) is 14.9 Å². The number of ether oxygens (including phenoxy) is 1. The van der Waals surface area contributed by atoms with E-state index in [0.717, 1.165) is 31.9 Å². The van der Waals surface area contributed by atoms with Crippen LogP contribution >= 0.6 is 0 Å². The molecule has 1 fully saturated rings. The first-order chi connectivity index (χ1) is 13.1. The summed E-state index contributed by atoms with van der Waals surface area (Å²) in [7, 11) is 1.35. The molecule has 1 aromatic carbocycles. The van der Waals surface area contributed by atoms with Gasteiger partial charge in [-0.3, -0.25) is 4.90 Å². The van der Waals surface area contributed by atoms with Gasteiger partial charge in [0.1, 0.15) is 12.0 Å². The number of nitrogens with two attached hydrogens (primary N) is 1. The Morgan fingerprint density at radius 3 is 2.56 bits per heavy atom. The number of carbonyl (C=O) groups is 1. The molecule has 4 N–H and O–H groups in total. The van der Waals surface area contributed by atoms with Gasteiger partial charge in [-0.15, -0.1) is 0 Å². The van der Waals surface area contributed by atoms with E-state index in [2.05, 4.69) is 25.1 Å². The van der Waals surface area contributed by atoms with Gasteiger partial charge in [0.25, 0.3) is 0 Å². The first kappa shape index (κ1) is 18.9. The summed E-state index contributed by atoms with van der Waals surface area (Å²) in [6.07, 6.45) is 1.48. The molecule has 144 valence electrons. The summed E-state index contributed by atoms with van der Waals surface area (Å²) in [6, 6.07) is 6.88. The lowest BCUT2D eigenvalue weighted by molar-refractivity contribution is 0.0601. The van der Waals surface area contributed by atoms with Gasteiger partial charge < -0.3 is 25.8 Å². The lowest BCUT2D eigenvalue weighted by Crippen LogP contribution is -2.47. The third-order valence-electron chi connectivity index (χ3n) is 4.52. The Morgan fingerprint density at radius 1 is 1.22 bits per heavy atom. The summed E-state index contributed by atoms with van der Waals surface area (Å²) < 4.78 is 4.70. The second kappa shape index (κ2) is 8.65. The standard InChI is InChI=1S/C18H24N6O3/c1-27-18(26)13-2-4-14(5-3-13)22-16-15(19)17(21-12-20-16)24-8-6-23(7-9-24)10-11-25/h2-5,12,25H,6-11,19H2,1H3,(H,20,21,22). The molecular weight excluding hydrogens is 348 g/mol. The fourth-order valence-corrected chi connectivity index (χ4v) is 3.01. The number of nitrogens with zero attached hydrogens (tertiary/aromatic N) is 4. The highest BCUT2D eigenvalue weighted by Gasteiger charge is 2.21. The molecule has 0 radical (unpaired) electrons. The summed E-state index contributed by atoms with van der Waals surface area (Å²) >= 11 is 0. The van der Waals surface area contributed by atoms with Crippen LogP contribution in [0.3, 0.4) is 0 Å². The zero-order chi connectivity index (χ0) is 19.2. The smallest absolute Gasteiger partial charge is 0.337 e. The number of benzene rings is 1. The van der Waals surface area contributed by atoms with Crippen molar-refractivity contribution in [3.63, 3.8) is 0 Å². The molecule has 1 aliphatic heterocycles. The number of aliphatic hydroxyl groups is 1. The first-order valence-corrected chi connectivity index (χ1v) is 8.76. The number of hydrogen-bond donors (Lipinski definition) is 3.